The summed E-state index contributed by atoms with van der Waals surface area (Å²) in [5.41, 5.74) is 2.27. The molecule has 162 valence electrons. The van der Waals surface area contributed by atoms with Crippen LogP contribution in [0.3, 0.4) is 0 Å². The number of carboxylic acid groups (broad SMARTS) is 1. The van der Waals surface area contributed by atoms with Crippen molar-refractivity contribution in [1.29, 1.82) is 0 Å². The van der Waals surface area contributed by atoms with Crippen molar-refractivity contribution in [2.24, 2.45) is 0 Å². The van der Waals surface area contributed by atoms with Gasteiger partial charge in [-0.05, 0) is 60.0 Å². The number of carbonyl (C=O) groups is 3. The summed E-state index contributed by atoms with van der Waals surface area (Å²) in [4.78, 5) is 36.7. The third kappa shape index (κ3) is 5.82. The Kier molecular flexibility index (Phi) is 7.02. The number of nitrogens with one attached hydrogen (secondary N) is 2. The van der Waals surface area contributed by atoms with Gasteiger partial charge in [0.1, 0.15) is 11.4 Å². The molecule has 32 heavy (non-hydrogen) atoms. The van der Waals surface area contributed by atoms with E-state index in [0.717, 1.165) is 5.56 Å². The number of benzene rings is 3. The van der Waals surface area contributed by atoms with Gasteiger partial charge in [-0.25, -0.2) is 4.79 Å². The summed E-state index contributed by atoms with van der Waals surface area (Å²) in [6.45, 7) is 1.91. The Hall–Kier alpha value is -4.39. The summed E-state index contributed by atoms with van der Waals surface area (Å²) in [7, 11) is 0. The van der Waals surface area contributed by atoms with E-state index in [1.54, 1.807) is 67.6 Å². The minimum atomic E-state index is -1.26. The Balaban J connectivity index is 1.70. The smallest absolute Gasteiger partial charge is 0.352 e. The van der Waals surface area contributed by atoms with Crippen LogP contribution in [0.15, 0.2) is 78.5 Å². The SMILES string of the molecule is Cc1cc(C(=O)NCc2cccc(O)c2)ccc1C(=O)N/C(=C\c1ccccc1)C(=O)O. The van der Waals surface area contributed by atoms with Gasteiger partial charge in [-0.3, -0.25) is 9.59 Å². The van der Waals surface area contributed by atoms with Crippen LogP contribution in [0.5, 0.6) is 5.75 Å². The summed E-state index contributed by atoms with van der Waals surface area (Å²) in [5.74, 6) is -2.06. The first-order chi connectivity index (χ1) is 15.3. The molecule has 0 saturated carbocycles. The molecular formula is C25H22N2O5. The molecule has 3 rings (SSSR count). The molecule has 0 bridgehead atoms. The number of carboxylic acids is 1. The lowest BCUT2D eigenvalue weighted by Gasteiger charge is -2.11. The van der Waals surface area contributed by atoms with Crippen LogP contribution in [-0.4, -0.2) is 28.0 Å². The van der Waals surface area contributed by atoms with Crippen LogP contribution in [0, 0.1) is 6.92 Å². The zero-order valence-electron chi connectivity index (χ0n) is 17.3. The van der Waals surface area contributed by atoms with Crippen molar-refractivity contribution in [2.75, 3.05) is 0 Å². The first-order valence-corrected chi connectivity index (χ1v) is 9.81. The number of aliphatic carboxylic acids is 1. The highest BCUT2D eigenvalue weighted by atomic mass is 16.4. The van der Waals surface area contributed by atoms with Crippen LogP contribution in [0.4, 0.5) is 0 Å². The molecule has 2 amide bonds. The summed E-state index contributed by atoms with van der Waals surface area (Å²) < 4.78 is 0. The van der Waals surface area contributed by atoms with Crippen LogP contribution in [-0.2, 0) is 11.3 Å². The zero-order chi connectivity index (χ0) is 23.1. The van der Waals surface area contributed by atoms with Crippen LogP contribution < -0.4 is 10.6 Å². The molecule has 0 fully saturated rings. The van der Waals surface area contributed by atoms with Crippen molar-refractivity contribution >= 4 is 23.9 Å². The molecule has 0 unspecified atom stereocenters. The average molecular weight is 430 g/mol. The molecule has 0 aromatic heterocycles. The third-order valence-corrected chi connectivity index (χ3v) is 4.69. The lowest BCUT2D eigenvalue weighted by Crippen LogP contribution is -2.28. The largest absolute Gasteiger partial charge is 0.508 e. The Morgan fingerprint density at radius 2 is 1.66 bits per heavy atom. The Labute approximate surface area is 185 Å². The van der Waals surface area contributed by atoms with Gasteiger partial charge in [0.05, 0.1) is 0 Å². The Morgan fingerprint density at radius 1 is 0.906 bits per heavy atom. The predicted molar refractivity (Wildman–Crippen MR) is 120 cm³/mol. The average Bonchev–Trinajstić information content (AvgIpc) is 2.77. The van der Waals surface area contributed by atoms with Gasteiger partial charge < -0.3 is 20.8 Å². The van der Waals surface area contributed by atoms with Gasteiger partial charge >= 0.3 is 5.97 Å². The van der Waals surface area contributed by atoms with Gasteiger partial charge in [-0.1, -0.05) is 42.5 Å². The number of rotatable bonds is 7. The fraction of sp³-hybridized carbons (Fsp3) is 0.0800. The zero-order valence-corrected chi connectivity index (χ0v) is 17.3. The molecule has 0 aliphatic rings. The van der Waals surface area contributed by atoms with Gasteiger partial charge in [0.2, 0.25) is 0 Å². The fourth-order valence-corrected chi connectivity index (χ4v) is 3.07. The highest BCUT2D eigenvalue weighted by molar-refractivity contribution is 6.04. The van der Waals surface area contributed by atoms with Crippen molar-refractivity contribution < 1.29 is 24.6 Å². The van der Waals surface area contributed by atoms with Crippen molar-refractivity contribution in [3.63, 3.8) is 0 Å². The van der Waals surface area contributed by atoms with E-state index in [-0.39, 0.29) is 29.5 Å². The van der Waals surface area contributed by atoms with E-state index < -0.39 is 11.9 Å². The van der Waals surface area contributed by atoms with Crippen LogP contribution in [0.1, 0.15) is 37.4 Å². The molecule has 0 aliphatic carbocycles. The maximum atomic E-state index is 12.7. The number of aryl methyl sites for hydroxylation is 1. The Morgan fingerprint density at radius 3 is 2.31 bits per heavy atom. The van der Waals surface area contributed by atoms with Gasteiger partial charge in [-0.2, -0.15) is 0 Å². The molecule has 0 atom stereocenters. The van der Waals surface area contributed by atoms with E-state index in [1.807, 2.05) is 0 Å². The molecule has 0 saturated heterocycles. The molecule has 4 N–H and O–H groups in total. The number of carbonyl (C=O) groups excluding carboxylic acids is 2. The van der Waals surface area contributed by atoms with Crippen LogP contribution in [0.25, 0.3) is 6.08 Å². The molecule has 3 aromatic rings. The summed E-state index contributed by atoms with van der Waals surface area (Å²) in [6.07, 6.45) is 1.37. The minimum absolute atomic E-state index is 0.116. The summed E-state index contributed by atoms with van der Waals surface area (Å²) >= 11 is 0. The molecule has 7 heteroatoms. The monoisotopic (exact) mass is 430 g/mol. The van der Waals surface area contributed by atoms with Gasteiger partial charge in [0.25, 0.3) is 11.8 Å². The van der Waals surface area contributed by atoms with Crippen molar-refractivity contribution in [3.8, 4) is 5.75 Å². The number of hydrogen-bond acceptors (Lipinski definition) is 4. The number of amides is 2. The molecule has 0 heterocycles. The maximum Gasteiger partial charge on any atom is 0.352 e. The molecule has 3 aromatic carbocycles. The van der Waals surface area contributed by atoms with E-state index in [9.17, 15) is 24.6 Å². The second-order valence-electron chi connectivity index (χ2n) is 7.11. The molecule has 0 aliphatic heterocycles. The number of hydrogen-bond donors (Lipinski definition) is 4. The quantitative estimate of drug-likeness (QED) is 0.428. The van der Waals surface area contributed by atoms with E-state index in [4.69, 9.17) is 0 Å². The molecular weight excluding hydrogens is 408 g/mol. The van der Waals surface area contributed by atoms with E-state index >= 15 is 0 Å². The van der Waals surface area contributed by atoms with Crippen LogP contribution in [0.2, 0.25) is 0 Å². The molecule has 0 radical (unpaired) electrons. The highest BCUT2D eigenvalue weighted by Gasteiger charge is 2.16. The standard InChI is InChI=1S/C25H22N2O5/c1-16-12-19(23(29)26-15-18-8-5-9-20(28)13-18)10-11-21(16)24(30)27-22(25(31)32)14-17-6-3-2-4-7-17/h2-14,28H,15H2,1H3,(H,26,29)(H,27,30)(H,31,32)/b22-14-. The predicted octanol–water partition coefficient (Wildman–Crippen LogP) is 3.49. The number of phenols is 1. The summed E-state index contributed by atoms with van der Waals surface area (Å²) in [6, 6.07) is 19.9. The molecule has 0 spiro atoms. The fourth-order valence-electron chi connectivity index (χ4n) is 3.07. The lowest BCUT2D eigenvalue weighted by molar-refractivity contribution is -0.132. The minimum Gasteiger partial charge on any atom is -0.508 e. The first kappa shape index (κ1) is 22.3. The van der Waals surface area contributed by atoms with Gasteiger partial charge in [0, 0.05) is 17.7 Å². The normalized spacial score (nSPS) is 11.0. The second-order valence-corrected chi connectivity index (χ2v) is 7.11. The molecule has 7 nitrogen and oxygen atoms in total. The van der Waals surface area contributed by atoms with E-state index in [1.165, 1.54) is 18.2 Å². The maximum absolute atomic E-state index is 12.7. The second kappa shape index (κ2) is 10.1. The number of aromatic hydroxyl groups is 1. The van der Waals surface area contributed by atoms with Crippen molar-refractivity contribution in [1.82, 2.24) is 10.6 Å². The highest BCUT2D eigenvalue weighted by Crippen LogP contribution is 2.14. The summed E-state index contributed by atoms with van der Waals surface area (Å²) in [5, 5.41) is 24.1. The van der Waals surface area contributed by atoms with Crippen molar-refractivity contribution in [2.45, 2.75) is 13.5 Å². The third-order valence-electron chi connectivity index (χ3n) is 4.69. The first-order valence-electron chi connectivity index (χ1n) is 9.81. The van der Waals surface area contributed by atoms with E-state index in [2.05, 4.69) is 10.6 Å². The van der Waals surface area contributed by atoms with Gasteiger partial charge in [-0.15, -0.1) is 0 Å². The Bertz CT molecular complexity index is 1190. The van der Waals surface area contributed by atoms with Crippen LogP contribution >= 0.6 is 0 Å². The van der Waals surface area contributed by atoms with Crippen molar-refractivity contribution in [3.05, 3.63) is 106 Å². The van der Waals surface area contributed by atoms with E-state index in [0.29, 0.717) is 16.7 Å². The topological polar surface area (TPSA) is 116 Å². The number of phenolic OH excluding ortho intramolecular Hbond substituents is 1. The van der Waals surface area contributed by atoms with Gasteiger partial charge in [0.15, 0.2) is 0 Å². The lowest BCUT2D eigenvalue weighted by atomic mass is 10.0.